The second-order valence-electron chi connectivity index (χ2n) is 1.63. The highest BCUT2D eigenvalue weighted by atomic mass is 35.5. The average molecular weight is 194 g/mol. The standard InChI is InChI=1S/C6H3Cl2NO2/c7-4-1-5(8)9-2-3(4)6(10)11/h1-2H,(H,10,11)/i1D,2D. The van der Waals surface area contributed by atoms with Crippen LogP contribution in [0.5, 0.6) is 0 Å². The molecule has 0 aliphatic carbocycles. The van der Waals surface area contributed by atoms with Crippen molar-refractivity contribution in [1.29, 1.82) is 0 Å². The van der Waals surface area contributed by atoms with E-state index in [1.165, 1.54) is 0 Å². The maximum atomic E-state index is 10.5. The minimum atomic E-state index is -1.40. The van der Waals surface area contributed by atoms with Crippen LogP contribution in [0, 0.1) is 0 Å². The molecule has 0 atom stereocenters. The Balaban J connectivity index is 3.53. The fraction of sp³-hybridized carbons (Fsp3) is 0. The third-order valence-corrected chi connectivity index (χ3v) is 1.37. The molecule has 58 valence electrons. The van der Waals surface area contributed by atoms with Crippen molar-refractivity contribution in [2.75, 3.05) is 0 Å². The molecule has 1 heterocycles. The van der Waals surface area contributed by atoms with Gasteiger partial charge in [0.1, 0.15) is 5.15 Å². The van der Waals surface area contributed by atoms with Crippen LogP contribution < -0.4 is 0 Å². The van der Waals surface area contributed by atoms with Gasteiger partial charge in [0.15, 0.2) is 0 Å². The van der Waals surface area contributed by atoms with Crippen LogP contribution in [0.3, 0.4) is 0 Å². The number of rotatable bonds is 1. The number of aromatic nitrogens is 1. The lowest BCUT2D eigenvalue weighted by molar-refractivity contribution is 0.0696. The molecular formula is C6H3Cl2NO2. The van der Waals surface area contributed by atoms with E-state index in [9.17, 15) is 4.79 Å². The Labute approximate surface area is 75.4 Å². The van der Waals surface area contributed by atoms with Crippen molar-refractivity contribution < 1.29 is 12.6 Å². The Morgan fingerprint density at radius 1 is 1.73 bits per heavy atom. The maximum Gasteiger partial charge on any atom is 0.338 e. The van der Waals surface area contributed by atoms with Crippen molar-refractivity contribution in [2.45, 2.75) is 0 Å². The zero-order valence-electron chi connectivity index (χ0n) is 7.06. The molecule has 0 aliphatic rings. The first kappa shape index (κ1) is 5.80. The van der Waals surface area contributed by atoms with Crippen molar-refractivity contribution in [1.82, 2.24) is 4.98 Å². The highest BCUT2D eigenvalue weighted by Gasteiger charge is 2.08. The molecule has 1 aromatic rings. The van der Waals surface area contributed by atoms with E-state index in [1.54, 1.807) is 0 Å². The molecule has 11 heavy (non-hydrogen) atoms. The predicted molar refractivity (Wildman–Crippen MR) is 41.2 cm³/mol. The van der Waals surface area contributed by atoms with Crippen molar-refractivity contribution in [3.63, 3.8) is 0 Å². The fourth-order valence-corrected chi connectivity index (χ4v) is 0.874. The first-order chi connectivity index (χ1) is 5.95. The number of hydrogen-bond acceptors (Lipinski definition) is 2. The monoisotopic (exact) mass is 193 g/mol. The van der Waals surface area contributed by atoms with Crippen LogP contribution in [0.25, 0.3) is 0 Å². The number of aromatic carboxylic acids is 1. The van der Waals surface area contributed by atoms with Crippen LogP contribution in [-0.4, -0.2) is 16.1 Å². The number of nitrogens with zero attached hydrogens (tertiary/aromatic N) is 1. The molecule has 1 aromatic heterocycles. The molecule has 3 nitrogen and oxygen atoms in total. The summed E-state index contributed by atoms with van der Waals surface area (Å²) in [5, 5.41) is 7.95. The molecule has 0 saturated carbocycles. The summed E-state index contributed by atoms with van der Waals surface area (Å²) in [7, 11) is 0. The Hall–Kier alpha value is -0.800. The summed E-state index contributed by atoms with van der Waals surface area (Å²) in [6, 6.07) is -0.378. The lowest BCUT2D eigenvalue weighted by Gasteiger charge is -1.96. The van der Waals surface area contributed by atoms with Gasteiger partial charge in [-0.15, -0.1) is 0 Å². The lowest BCUT2D eigenvalue weighted by atomic mass is 10.3. The summed E-state index contributed by atoms with van der Waals surface area (Å²) >= 11 is 10.9. The normalized spacial score (nSPS) is 12.2. The van der Waals surface area contributed by atoms with Gasteiger partial charge in [-0.1, -0.05) is 23.2 Å². The topological polar surface area (TPSA) is 50.2 Å². The smallest absolute Gasteiger partial charge is 0.338 e. The highest BCUT2D eigenvalue weighted by molar-refractivity contribution is 6.35. The van der Waals surface area contributed by atoms with E-state index in [-0.39, 0.29) is 16.2 Å². The third kappa shape index (κ3) is 1.82. The van der Waals surface area contributed by atoms with E-state index in [0.717, 1.165) is 0 Å². The van der Waals surface area contributed by atoms with E-state index >= 15 is 0 Å². The third-order valence-electron chi connectivity index (χ3n) is 0.912. The van der Waals surface area contributed by atoms with Gasteiger partial charge in [0.25, 0.3) is 0 Å². The summed E-state index contributed by atoms with van der Waals surface area (Å²) in [5.41, 5.74) is -0.504. The molecule has 5 heteroatoms. The molecule has 0 fully saturated rings. The lowest BCUT2D eigenvalue weighted by Crippen LogP contribution is -1.97. The SMILES string of the molecule is [2H]c1nc(Cl)c([2H])c(Cl)c1C(=O)O. The Bertz CT molecular complexity index is 383. The summed E-state index contributed by atoms with van der Waals surface area (Å²) in [5.74, 6) is -1.40. The second kappa shape index (κ2) is 3.07. The molecule has 0 aromatic carbocycles. The van der Waals surface area contributed by atoms with E-state index in [0.29, 0.717) is 0 Å². The van der Waals surface area contributed by atoms with Gasteiger partial charge in [-0.3, -0.25) is 0 Å². The van der Waals surface area contributed by atoms with E-state index < -0.39 is 17.7 Å². The van der Waals surface area contributed by atoms with Crippen molar-refractivity contribution in [3.8, 4) is 0 Å². The number of carboxylic acid groups (broad SMARTS) is 1. The van der Waals surface area contributed by atoms with Crippen LogP contribution in [0.2, 0.25) is 10.2 Å². The second-order valence-corrected chi connectivity index (χ2v) is 2.37. The summed E-state index contributed by atoms with van der Waals surface area (Å²) in [4.78, 5) is 13.9. The van der Waals surface area contributed by atoms with Crippen molar-refractivity contribution >= 4 is 29.2 Å². The van der Waals surface area contributed by atoms with Gasteiger partial charge in [-0.2, -0.15) is 0 Å². The van der Waals surface area contributed by atoms with Gasteiger partial charge in [0, 0.05) is 6.17 Å². The van der Waals surface area contributed by atoms with Gasteiger partial charge >= 0.3 is 5.97 Å². The Kier molecular flexibility index (Phi) is 1.62. The average Bonchev–Trinajstić information content (AvgIpc) is 1.99. The number of halogens is 2. The number of hydrogen-bond donors (Lipinski definition) is 1. The van der Waals surface area contributed by atoms with Crippen molar-refractivity contribution in [3.05, 3.63) is 28.0 Å². The quantitative estimate of drug-likeness (QED) is 0.696. The first-order valence-corrected chi connectivity index (χ1v) is 3.26. The summed E-state index contributed by atoms with van der Waals surface area (Å²) in [6.07, 6.45) is -0.543. The van der Waals surface area contributed by atoms with Crippen LogP contribution >= 0.6 is 23.2 Å². The summed E-state index contributed by atoms with van der Waals surface area (Å²) < 4.78 is 14.3. The molecule has 0 aliphatic heterocycles. The molecule has 1 N–H and O–H groups in total. The Morgan fingerprint density at radius 2 is 2.36 bits per heavy atom. The summed E-state index contributed by atoms with van der Waals surface area (Å²) in [6.45, 7) is 0. The molecule has 1 rings (SSSR count). The maximum absolute atomic E-state index is 10.5. The molecular weight excluding hydrogens is 189 g/mol. The fourth-order valence-electron chi connectivity index (χ4n) is 0.477. The van der Waals surface area contributed by atoms with E-state index in [2.05, 4.69) is 4.98 Å². The molecule has 0 radical (unpaired) electrons. The highest BCUT2D eigenvalue weighted by Crippen LogP contribution is 2.17. The van der Waals surface area contributed by atoms with Gasteiger partial charge in [0.2, 0.25) is 0 Å². The number of carboxylic acids is 1. The molecule has 0 saturated heterocycles. The van der Waals surface area contributed by atoms with Crippen LogP contribution in [0.4, 0.5) is 0 Å². The minimum absolute atomic E-state index is 0.278. The zero-order valence-corrected chi connectivity index (χ0v) is 6.57. The van der Waals surface area contributed by atoms with E-state index in [1.807, 2.05) is 0 Å². The van der Waals surface area contributed by atoms with Gasteiger partial charge < -0.3 is 5.11 Å². The molecule has 0 unspecified atom stereocenters. The van der Waals surface area contributed by atoms with Crippen LogP contribution in [0.15, 0.2) is 12.2 Å². The predicted octanol–water partition coefficient (Wildman–Crippen LogP) is 2.09. The largest absolute Gasteiger partial charge is 0.478 e. The van der Waals surface area contributed by atoms with Crippen LogP contribution in [-0.2, 0) is 0 Å². The minimum Gasteiger partial charge on any atom is -0.478 e. The molecule has 0 bridgehead atoms. The zero-order chi connectivity index (χ0) is 10.2. The number of pyridine rings is 1. The van der Waals surface area contributed by atoms with E-state index in [4.69, 9.17) is 31.0 Å². The molecule has 0 spiro atoms. The first-order valence-electron chi connectivity index (χ1n) is 3.50. The molecule has 0 amide bonds. The van der Waals surface area contributed by atoms with Crippen LogP contribution in [0.1, 0.15) is 13.1 Å². The van der Waals surface area contributed by atoms with Gasteiger partial charge in [-0.05, 0) is 6.04 Å². The van der Waals surface area contributed by atoms with Gasteiger partial charge in [-0.25, -0.2) is 9.78 Å². The van der Waals surface area contributed by atoms with Crippen molar-refractivity contribution in [2.24, 2.45) is 0 Å². The van der Waals surface area contributed by atoms with Gasteiger partial charge in [0.05, 0.1) is 13.3 Å². The number of carbonyl (C=O) groups is 1. The Morgan fingerprint density at radius 3 is 2.91 bits per heavy atom.